The Morgan fingerprint density at radius 2 is 1.97 bits per heavy atom. The van der Waals surface area contributed by atoms with Crippen molar-refractivity contribution in [1.29, 1.82) is 0 Å². The first-order valence-electron chi connectivity index (χ1n) is 8.64. The second-order valence-electron chi connectivity index (χ2n) is 6.22. The zero-order valence-electron chi connectivity index (χ0n) is 15.5. The lowest BCUT2D eigenvalue weighted by Crippen LogP contribution is -2.21. The van der Waals surface area contributed by atoms with E-state index in [-0.39, 0.29) is 10.3 Å². The Kier molecular flexibility index (Phi) is 7.13. The minimum atomic E-state index is -0.393. The molecule has 0 aliphatic heterocycles. The van der Waals surface area contributed by atoms with Gasteiger partial charge in [0.05, 0.1) is 29.1 Å². The van der Waals surface area contributed by atoms with Gasteiger partial charge in [-0.1, -0.05) is 24.4 Å². The number of hydrogen-bond donors (Lipinski definition) is 2. The standard InChI is InChI=1S/C21H18BrFN2O3S/c1-27-16-5-2-13(3-6-16)8-17(29)9-14-11-28-12-18(14)21(25-26)24-15-4-7-20(23)19(22)10-15/h2-7,10-12,26H,8-9H2,1H3,(H,24,25). The summed E-state index contributed by atoms with van der Waals surface area (Å²) < 4.78 is 24.2. The molecule has 1 aromatic heterocycles. The van der Waals surface area contributed by atoms with Crippen molar-refractivity contribution in [2.24, 2.45) is 4.99 Å². The first-order chi connectivity index (χ1) is 14.0. The number of nitrogens with one attached hydrogen (secondary N) is 1. The van der Waals surface area contributed by atoms with Gasteiger partial charge in [-0.05, 0) is 51.8 Å². The maximum atomic E-state index is 13.4. The highest BCUT2D eigenvalue weighted by atomic mass is 79.9. The molecule has 2 N–H and O–H groups in total. The van der Waals surface area contributed by atoms with Crippen molar-refractivity contribution in [1.82, 2.24) is 5.48 Å². The van der Waals surface area contributed by atoms with Gasteiger partial charge in [0.1, 0.15) is 17.8 Å². The highest BCUT2D eigenvalue weighted by Gasteiger charge is 2.14. The number of benzene rings is 2. The van der Waals surface area contributed by atoms with E-state index >= 15 is 0 Å². The van der Waals surface area contributed by atoms with Crippen molar-refractivity contribution < 1.29 is 18.8 Å². The van der Waals surface area contributed by atoms with Crippen molar-refractivity contribution in [2.75, 3.05) is 7.11 Å². The van der Waals surface area contributed by atoms with Gasteiger partial charge in [-0.15, -0.1) is 0 Å². The van der Waals surface area contributed by atoms with Gasteiger partial charge < -0.3 is 9.15 Å². The Bertz CT molecular complexity index is 1030. The SMILES string of the molecule is COc1ccc(CC(=S)Cc2cocc2C(=Nc2ccc(F)c(Br)c2)NO)cc1. The summed E-state index contributed by atoms with van der Waals surface area (Å²) in [6.07, 6.45) is 4.14. The molecule has 3 aromatic rings. The van der Waals surface area contributed by atoms with Crippen molar-refractivity contribution >= 4 is 44.5 Å². The number of furan rings is 1. The molecular formula is C21H18BrFN2O3S. The van der Waals surface area contributed by atoms with E-state index in [0.29, 0.717) is 24.1 Å². The summed E-state index contributed by atoms with van der Waals surface area (Å²) >= 11 is 8.67. The van der Waals surface area contributed by atoms with Gasteiger partial charge in [0.25, 0.3) is 0 Å². The van der Waals surface area contributed by atoms with E-state index in [4.69, 9.17) is 21.4 Å². The zero-order chi connectivity index (χ0) is 20.8. The molecule has 0 aliphatic rings. The number of thiocarbonyl (C=S) groups is 1. The number of rotatable bonds is 7. The third kappa shape index (κ3) is 5.50. The van der Waals surface area contributed by atoms with Crippen molar-refractivity contribution in [3.05, 3.63) is 82.0 Å². The molecule has 0 bridgehead atoms. The number of aliphatic imine (C=N–C) groups is 1. The fourth-order valence-corrected chi connectivity index (χ4v) is 3.43. The van der Waals surface area contributed by atoms with Crippen LogP contribution in [-0.2, 0) is 12.8 Å². The molecule has 0 spiro atoms. The number of nitrogens with zero attached hydrogens (tertiary/aromatic N) is 1. The normalized spacial score (nSPS) is 11.4. The Hall–Kier alpha value is -2.55. The predicted molar refractivity (Wildman–Crippen MR) is 117 cm³/mol. The fraction of sp³-hybridized carbons (Fsp3) is 0.143. The van der Waals surface area contributed by atoms with Crippen LogP contribution < -0.4 is 10.2 Å². The van der Waals surface area contributed by atoms with Crippen LogP contribution in [0.1, 0.15) is 16.7 Å². The zero-order valence-corrected chi connectivity index (χ0v) is 17.9. The summed E-state index contributed by atoms with van der Waals surface area (Å²) in [6, 6.07) is 12.0. The van der Waals surface area contributed by atoms with Crippen LogP contribution in [0.2, 0.25) is 0 Å². The highest BCUT2D eigenvalue weighted by Crippen LogP contribution is 2.24. The summed E-state index contributed by atoms with van der Waals surface area (Å²) in [6.45, 7) is 0. The van der Waals surface area contributed by atoms with Crippen molar-refractivity contribution in [3.63, 3.8) is 0 Å². The molecule has 0 amide bonds. The van der Waals surface area contributed by atoms with Crippen LogP contribution in [0.25, 0.3) is 0 Å². The fourth-order valence-electron chi connectivity index (χ4n) is 2.74. The first kappa shape index (κ1) is 21.2. The van der Waals surface area contributed by atoms with E-state index in [9.17, 15) is 9.60 Å². The number of hydroxylamine groups is 1. The van der Waals surface area contributed by atoms with Crippen LogP contribution in [0, 0.1) is 5.82 Å². The third-order valence-electron chi connectivity index (χ3n) is 4.20. The van der Waals surface area contributed by atoms with Crippen molar-refractivity contribution in [2.45, 2.75) is 12.8 Å². The minimum absolute atomic E-state index is 0.180. The predicted octanol–water partition coefficient (Wildman–Crippen LogP) is 5.40. The summed E-state index contributed by atoms with van der Waals surface area (Å²) in [7, 11) is 1.62. The molecule has 0 aliphatic carbocycles. The van der Waals surface area contributed by atoms with E-state index in [0.717, 1.165) is 21.7 Å². The smallest absolute Gasteiger partial charge is 0.160 e. The Balaban J connectivity index is 1.76. The first-order valence-corrected chi connectivity index (χ1v) is 9.84. The maximum absolute atomic E-state index is 13.4. The summed E-state index contributed by atoms with van der Waals surface area (Å²) in [5, 5.41) is 9.57. The largest absolute Gasteiger partial charge is 0.497 e. The molecule has 8 heteroatoms. The Labute approximate surface area is 181 Å². The molecule has 29 heavy (non-hydrogen) atoms. The number of amidine groups is 1. The molecule has 0 atom stereocenters. The quantitative estimate of drug-likeness (QED) is 0.206. The number of ether oxygens (including phenoxy) is 1. The molecule has 3 rings (SSSR count). The van der Waals surface area contributed by atoms with E-state index in [1.165, 1.54) is 24.5 Å². The van der Waals surface area contributed by atoms with E-state index in [1.807, 2.05) is 24.3 Å². The molecule has 0 saturated carbocycles. The van der Waals surface area contributed by atoms with Crippen LogP contribution in [0.3, 0.4) is 0 Å². The molecule has 0 radical (unpaired) electrons. The van der Waals surface area contributed by atoms with Gasteiger partial charge in [-0.2, -0.15) is 0 Å². The van der Waals surface area contributed by atoms with Crippen LogP contribution in [-0.4, -0.2) is 23.0 Å². The van der Waals surface area contributed by atoms with E-state index in [1.54, 1.807) is 13.4 Å². The van der Waals surface area contributed by atoms with Gasteiger partial charge in [0, 0.05) is 23.3 Å². The molecule has 2 aromatic carbocycles. The number of halogens is 2. The molecule has 0 saturated heterocycles. The molecule has 150 valence electrons. The van der Waals surface area contributed by atoms with Gasteiger partial charge >= 0.3 is 0 Å². The lowest BCUT2D eigenvalue weighted by molar-refractivity contribution is 0.235. The van der Waals surface area contributed by atoms with Gasteiger partial charge in [-0.25, -0.2) is 9.38 Å². The van der Waals surface area contributed by atoms with E-state index < -0.39 is 5.82 Å². The minimum Gasteiger partial charge on any atom is -0.497 e. The summed E-state index contributed by atoms with van der Waals surface area (Å²) in [4.78, 5) is 5.14. The Morgan fingerprint density at radius 3 is 2.62 bits per heavy atom. The van der Waals surface area contributed by atoms with Gasteiger partial charge in [-0.3, -0.25) is 10.7 Å². The number of hydrogen-bond acceptors (Lipinski definition) is 5. The second kappa shape index (κ2) is 9.78. The van der Waals surface area contributed by atoms with Crippen LogP contribution in [0.5, 0.6) is 5.75 Å². The van der Waals surface area contributed by atoms with Gasteiger partial charge in [0.15, 0.2) is 5.84 Å². The maximum Gasteiger partial charge on any atom is 0.160 e. The van der Waals surface area contributed by atoms with Crippen LogP contribution >= 0.6 is 28.1 Å². The van der Waals surface area contributed by atoms with Crippen LogP contribution in [0.4, 0.5) is 10.1 Å². The lowest BCUT2D eigenvalue weighted by Gasteiger charge is -2.08. The molecular weight excluding hydrogens is 459 g/mol. The third-order valence-corrected chi connectivity index (χ3v) is 5.09. The number of methoxy groups -OCH3 is 1. The summed E-state index contributed by atoms with van der Waals surface area (Å²) in [5.41, 5.74) is 4.98. The van der Waals surface area contributed by atoms with E-state index in [2.05, 4.69) is 26.4 Å². The Morgan fingerprint density at radius 1 is 1.21 bits per heavy atom. The second-order valence-corrected chi connectivity index (χ2v) is 7.65. The topological polar surface area (TPSA) is 67.0 Å². The molecule has 1 heterocycles. The highest BCUT2D eigenvalue weighted by molar-refractivity contribution is 9.10. The summed E-state index contributed by atoms with van der Waals surface area (Å²) in [5.74, 6) is 0.578. The average Bonchev–Trinajstić information content (AvgIpc) is 3.17. The monoisotopic (exact) mass is 476 g/mol. The van der Waals surface area contributed by atoms with Crippen LogP contribution in [0.15, 0.2) is 68.9 Å². The molecule has 0 unspecified atom stereocenters. The van der Waals surface area contributed by atoms with Gasteiger partial charge in [0.2, 0.25) is 0 Å². The molecule has 5 nitrogen and oxygen atoms in total. The lowest BCUT2D eigenvalue weighted by atomic mass is 10.0. The van der Waals surface area contributed by atoms with Crippen molar-refractivity contribution in [3.8, 4) is 5.75 Å². The average molecular weight is 477 g/mol. The molecule has 0 fully saturated rings.